The number of anilines is 1. The number of phenols is 1. The van der Waals surface area contributed by atoms with Gasteiger partial charge in [0.15, 0.2) is 21.6 Å². The number of rotatable bonds is 2. The largest absolute Gasteiger partial charge is 0.505 e. The lowest BCUT2D eigenvalue weighted by Gasteiger charge is -2.14. The molecule has 0 radical (unpaired) electrons. The zero-order valence-corrected chi connectivity index (χ0v) is 16.0. The van der Waals surface area contributed by atoms with Crippen molar-refractivity contribution in [3.05, 3.63) is 50.8 Å². The SMILES string of the molecule is O=C1C(=Cc2cc(Cl)c(O)c(Cl)c2)SC(=S)N1c1ccc2c(c1)OCO2. The van der Waals surface area contributed by atoms with Gasteiger partial charge in [0.1, 0.15) is 0 Å². The Labute approximate surface area is 168 Å². The number of nitrogens with zero attached hydrogens (tertiary/aromatic N) is 1. The molecule has 1 saturated heterocycles. The Morgan fingerprint density at radius 3 is 2.58 bits per heavy atom. The number of halogens is 2. The van der Waals surface area contributed by atoms with Crippen molar-refractivity contribution in [2.45, 2.75) is 0 Å². The predicted octanol–water partition coefficient (Wildman–Crippen LogP) is 4.83. The molecule has 1 N–H and O–H groups in total. The molecule has 2 heterocycles. The molecule has 2 aromatic carbocycles. The molecule has 5 nitrogen and oxygen atoms in total. The second-order valence-electron chi connectivity index (χ2n) is 5.39. The Balaban J connectivity index is 1.67. The molecule has 4 rings (SSSR count). The van der Waals surface area contributed by atoms with Crippen LogP contribution in [-0.4, -0.2) is 22.1 Å². The number of hydrogen-bond acceptors (Lipinski definition) is 6. The zero-order chi connectivity index (χ0) is 18.4. The number of hydrogen-bond donors (Lipinski definition) is 1. The molecule has 2 aromatic rings. The lowest BCUT2D eigenvalue weighted by Crippen LogP contribution is -2.27. The summed E-state index contributed by atoms with van der Waals surface area (Å²) in [6.07, 6.45) is 1.63. The van der Waals surface area contributed by atoms with Gasteiger partial charge in [0.05, 0.1) is 20.6 Å². The number of thioether (sulfide) groups is 1. The molecule has 0 aromatic heterocycles. The van der Waals surface area contributed by atoms with Gasteiger partial charge in [-0.05, 0) is 35.9 Å². The van der Waals surface area contributed by atoms with Crippen molar-refractivity contribution in [2.75, 3.05) is 11.7 Å². The summed E-state index contributed by atoms with van der Waals surface area (Å²) in [5.74, 6) is 0.735. The van der Waals surface area contributed by atoms with Gasteiger partial charge in [0.25, 0.3) is 5.91 Å². The Kier molecular flexibility index (Phi) is 4.48. The standard InChI is InChI=1S/C17H9Cl2NO4S2/c18-10-3-8(4-11(19)15(10)21)5-14-16(22)20(17(25)26-14)9-1-2-12-13(6-9)24-7-23-12/h1-6,21H,7H2. The van der Waals surface area contributed by atoms with E-state index in [9.17, 15) is 9.90 Å². The number of fused-ring (bicyclic) bond motifs is 1. The number of phenolic OH excluding ortho intramolecular Hbond substituents is 1. The van der Waals surface area contributed by atoms with E-state index in [2.05, 4.69) is 0 Å². The minimum Gasteiger partial charge on any atom is -0.505 e. The first-order valence-electron chi connectivity index (χ1n) is 7.29. The number of carbonyl (C=O) groups excluding carboxylic acids is 1. The lowest BCUT2D eigenvalue weighted by molar-refractivity contribution is -0.113. The average Bonchev–Trinajstić information content (AvgIpc) is 3.16. The van der Waals surface area contributed by atoms with Crippen LogP contribution in [0.4, 0.5) is 5.69 Å². The Morgan fingerprint density at radius 2 is 1.85 bits per heavy atom. The van der Waals surface area contributed by atoms with E-state index in [-0.39, 0.29) is 28.5 Å². The summed E-state index contributed by atoms with van der Waals surface area (Å²) in [7, 11) is 0. The fraction of sp³-hybridized carbons (Fsp3) is 0.0588. The predicted molar refractivity (Wildman–Crippen MR) is 106 cm³/mol. The third-order valence-corrected chi connectivity index (χ3v) is 5.62. The summed E-state index contributed by atoms with van der Waals surface area (Å²) in [5.41, 5.74) is 1.19. The minimum atomic E-state index is -0.265. The van der Waals surface area contributed by atoms with Gasteiger partial charge in [-0.2, -0.15) is 0 Å². The molecule has 1 amide bonds. The maximum Gasteiger partial charge on any atom is 0.270 e. The van der Waals surface area contributed by atoms with Crippen LogP contribution in [0.2, 0.25) is 10.0 Å². The number of amides is 1. The lowest BCUT2D eigenvalue weighted by atomic mass is 10.2. The highest BCUT2D eigenvalue weighted by Crippen LogP contribution is 2.41. The van der Waals surface area contributed by atoms with E-state index in [1.54, 1.807) is 24.3 Å². The third kappa shape index (κ3) is 3.01. The van der Waals surface area contributed by atoms with Crippen molar-refractivity contribution in [1.82, 2.24) is 0 Å². The number of carbonyl (C=O) groups is 1. The molecular weight excluding hydrogens is 417 g/mol. The molecule has 132 valence electrons. The molecule has 0 spiro atoms. The first-order chi connectivity index (χ1) is 12.4. The molecule has 0 saturated carbocycles. The van der Waals surface area contributed by atoms with Crippen molar-refractivity contribution in [3.63, 3.8) is 0 Å². The van der Waals surface area contributed by atoms with Crippen LogP contribution in [0.3, 0.4) is 0 Å². The maximum absolute atomic E-state index is 12.8. The fourth-order valence-electron chi connectivity index (χ4n) is 2.53. The van der Waals surface area contributed by atoms with Crippen LogP contribution in [0, 0.1) is 0 Å². The monoisotopic (exact) mass is 425 g/mol. The third-order valence-electron chi connectivity index (χ3n) is 3.75. The number of ether oxygens (including phenoxy) is 2. The van der Waals surface area contributed by atoms with E-state index in [0.29, 0.717) is 32.0 Å². The second-order valence-corrected chi connectivity index (χ2v) is 7.88. The van der Waals surface area contributed by atoms with E-state index in [4.69, 9.17) is 44.9 Å². The summed E-state index contributed by atoms with van der Waals surface area (Å²) in [5, 5.41) is 9.86. The van der Waals surface area contributed by atoms with Crippen molar-refractivity contribution in [3.8, 4) is 17.2 Å². The smallest absolute Gasteiger partial charge is 0.270 e. The molecule has 0 atom stereocenters. The Bertz CT molecular complexity index is 970. The van der Waals surface area contributed by atoms with E-state index in [1.807, 2.05) is 0 Å². The molecule has 1 fully saturated rings. The summed E-state index contributed by atoms with van der Waals surface area (Å²) in [6.45, 7) is 0.152. The van der Waals surface area contributed by atoms with Crippen molar-refractivity contribution in [1.29, 1.82) is 0 Å². The van der Waals surface area contributed by atoms with Crippen LogP contribution in [0.1, 0.15) is 5.56 Å². The van der Waals surface area contributed by atoms with Gasteiger partial charge in [-0.3, -0.25) is 9.69 Å². The molecule has 2 aliphatic heterocycles. The van der Waals surface area contributed by atoms with E-state index in [1.165, 1.54) is 28.8 Å². The van der Waals surface area contributed by atoms with Crippen LogP contribution in [0.15, 0.2) is 35.2 Å². The van der Waals surface area contributed by atoms with E-state index < -0.39 is 0 Å². The molecule has 0 unspecified atom stereocenters. The fourth-order valence-corrected chi connectivity index (χ4v) is 4.34. The van der Waals surface area contributed by atoms with Gasteiger partial charge >= 0.3 is 0 Å². The summed E-state index contributed by atoms with van der Waals surface area (Å²) < 4.78 is 11.0. The Morgan fingerprint density at radius 1 is 1.15 bits per heavy atom. The van der Waals surface area contributed by atoms with Gasteiger partial charge in [-0.25, -0.2) is 0 Å². The van der Waals surface area contributed by atoms with Gasteiger partial charge in [0.2, 0.25) is 6.79 Å². The first-order valence-corrected chi connectivity index (χ1v) is 9.28. The van der Waals surface area contributed by atoms with Crippen molar-refractivity contribution in [2.24, 2.45) is 0 Å². The van der Waals surface area contributed by atoms with Crippen LogP contribution in [-0.2, 0) is 4.79 Å². The van der Waals surface area contributed by atoms with Crippen LogP contribution in [0.5, 0.6) is 17.2 Å². The Hall–Kier alpha value is -1.93. The highest BCUT2D eigenvalue weighted by Gasteiger charge is 2.34. The van der Waals surface area contributed by atoms with Crippen LogP contribution >= 0.6 is 47.2 Å². The number of benzene rings is 2. The van der Waals surface area contributed by atoms with Crippen molar-refractivity contribution >= 4 is 69.2 Å². The molecule has 0 bridgehead atoms. The second kappa shape index (κ2) is 6.66. The molecule has 9 heteroatoms. The molecular formula is C17H9Cl2NO4S2. The average molecular weight is 426 g/mol. The van der Waals surface area contributed by atoms with Gasteiger partial charge in [0, 0.05) is 6.07 Å². The zero-order valence-electron chi connectivity index (χ0n) is 12.9. The number of aromatic hydroxyl groups is 1. The highest BCUT2D eigenvalue weighted by atomic mass is 35.5. The van der Waals surface area contributed by atoms with Crippen LogP contribution in [0.25, 0.3) is 6.08 Å². The normalized spacial score (nSPS) is 17.5. The van der Waals surface area contributed by atoms with E-state index in [0.717, 1.165) is 0 Å². The minimum absolute atomic E-state index is 0.106. The summed E-state index contributed by atoms with van der Waals surface area (Å²) >= 11 is 18.4. The topological polar surface area (TPSA) is 59.0 Å². The summed E-state index contributed by atoms with van der Waals surface area (Å²) in [6, 6.07) is 8.24. The highest BCUT2D eigenvalue weighted by molar-refractivity contribution is 8.27. The molecule has 2 aliphatic rings. The quantitative estimate of drug-likeness (QED) is 0.548. The van der Waals surface area contributed by atoms with Gasteiger partial charge in [-0.15, -0.1) is 0 Å². The van der Waals surface area contributed by atoms with Gasteiger partial charge < -0.3 is 14.6 Å². The summed E-state index contributed by atoms with van der Waals surface area (Å²) in [4.78, 5) is 14.7. The number of thiocarbonyl (C=S) groups is 1. The van der Waals surface area contributed by atoms with Gasteiger partial charge in [-0.1, -0.05) is 47.2 Å². The van der Waals surface area contributed by atoms with E-state index >= 15 is 0 Å². The molecule has 0 aliphatic carbocycles. The first kappa shape index (κ1) is 17.5. The van der Waals surface area contributed by atoms with Crippen LogP contribution < -0.4 is 14.4 Å². The maximum atomic E-state index is 12.8. The molecule has 26 heavy (non-hydrogen) atoms. The van der Waals surface area contributed by atoms with Crippen molar-refractivity contribution < 1.29 is 19.4 Å².